The third kappa shape index (κ3) is 6.10. The fourth-order valence-electron chi connectivity index (χ4n) is 5.18. The summed E-state index contributed by atoms with van der Waals surface area (Å²) in [4.78, 5) is 11.5. The van der Waals surface area contributed by atoms with Crippen LogP contribution in [0.25, 0.3) is 0 Å². The summed E-state index contributed by atoms with van der Waals surface area (Å²) in [5.74, 6) is 3.64. The molecule has 0 aliphatic heterocycles. The van der Waals surface area contributed by atoms with E-state index in [9.17, 15) is 9.90 Å². The van der Waals surface area contributed by atoms with Crippen molar-refractivity contribution in [1.29, 1.82) is 0 Å². The number of esters is 1. The van der Waals surface area contributed by atoms with Crippen molar-refractivity contribution in [3.05, 3.63) is 41.5 Å². The van der Waals surface area contributed by atoms with Crippen molar-refractivity contribution >= 4 is 5.97 Å². The molecule has 1 aromatic rings. The fourth-order valence-corrected chi connectivity index (χ4v) is 5.18. The van der Waals surface area contributed by atoms with Crippen LogP contribution in [0.5, 0.6) is 5.75 Å². The molecule has 0 amide bonds. The first-order valence-electron chi connectivity index (χ1n) is 11.7. The maximum Gasteiger partial charge on any atom is 0.333 e. The van der Waals surface area contributed by atoms with Crippen LogP contribution in [-0.4, -0.2) is 24.3 Å². The molecule has 2 aliphatic carbocycles. The second-order valence-electron chi connectivity index (χ2n) is 9.42. The van der Waals surface area contributed by atoms with Crippen molar-refractivity contribution in [3.63, 3.8) is 0 Å². The molecular weight excluding hydrogens is 376 g/mol. The van der Waals surface area contributed by atoms with Crippen molar-refractivity contribution < 1.29 is 19.4 Å². The molecule has 0 aromatic heterocycles. The summed E-state index contributed by atoms with van der Waals surface area (Å²) in [6.45, 7) is 7.97. The summed E-state index contributed by atoms with van der Waals surface area (Å²) in [5, 5.41) is 9.66. The van der Waals surface area contributed by atoms with Crippen LogP contribution >= 0.6 is 0 Å². The summed E-state index contributed by atoms with van der Waals surface area (Å²) in [7, 11) is 0. The molecule has 0 radical (unpaired) electrons. The van der Waals surface area contributed by atoms with E-state index in [0.717, 1.165) is 23.3 Å². The quantitative estimate of drug-likeness (QED) is 0.333. The summed E-state index contributed by atoms with van der Waals surface area (Å²) < 4.78 is 10.9. The second-order valence-corrected chi connectivity index (χ2v) is 9.42. The van der Waals surface area contributed by atoms with Crippen LogP contribution in [-0.2, 0) is 16.1 Å². The Morgan fingerprint density at radius 2 is 1.67 bits per heavy atom. The van der Waals surface area contributed by atoms with Crippen molar-refractivity contribution in [2.75, 3.05) is 13.2 Å². The highest BCUT2D eigenvalue weighted by molar-refractivity contribution is 5.86. The Labute approximate surface area is 181 Å². The number of hydrogen-bond donors (Lipinski definition) is 1. The highest BCUT2D eigenvalue weighted by atomic mass is 16.6. The maximum absolute atomic E-state index is 11.5. The molecule has 166 valence electrons. The number of ether oxygens (including phenoxy) is 2. The fraction of sp³-hybridized carbons (Fsp3) is 0.654. The third-order valence-corrected chi connectivity index (χ3v) is 7.15. The van der Waals surface area contributed by atoms with Crippen LogP contribution in [0.2, 0.25) is 0 Å². The Hall–Kier alpha value is -1.81. The number of rotatable bonds is 8. The highest BCUT2D eigenvalue weighted by Crippen LogP contribution is 2.44. The Bertz CT molecular complexity index is 710. The van der Waals surface area contributed by atoms with Crippen molar-refractivity contribution in [3.8, 4) is 5.75 Å². The van der Waals surface area contributed by atoms with Gasteiger partial charge in [-0.1, -0.05) is 38.5 Å². The van der Waals surface area contributed by atoms with E-state index in [4.69, 9.17) is 9.47 Å². The first-order valence-corrected chi connectivity index (χ1v) is 11.7. The van der Waals surface area contributed by atoms with Crippen LogP contribution in [0, 0.1) is 17.8 Å². The van der Waals surface area contributed by atoms with Gasteiger partial charge in [-0.15, -0.1) is 0 Å². The van der Waals surface area contributed by atoms with E-state index in [1.807, 2.05) is 6.07 Å². The number of benzene rings is 1. The summed E-state index contributed by atoms with van der Waals surface area (Å²) in [6.07, 6.45) is 10.8. The summed E-state index contributed by atoms with van der Waals surface area (Å²) in [5.41, 5.74) is 2.46. The average Bonchev–Trinajstić information content (AvgIpc) is 2.77. The lowest BCUT2D eigenvalue weighted by molar-refractivity contribution is -0.139. The lowest BCUT2D eigenvalue weighted by Crippen LogP contribution is -2.24. The van der Waals surface area contributed by atoms with E-state index >= 15 is 0 Å². The van der Waals surface area contributed by atoms with Crippen LogP contribution in [0.1, 0.15) is 82.3 Å². The van der Waals surface area contributed by atoms with Gasteiger partial charge in [0.15, 0.2) is 0 Å². The standard InChI is InChI=1S/C26H38O4/c1-18(2)26(28)30-15-14-29-25-16-23(12-13-24(25)17-27)22-10-8-21(9-11-22)20-6-4-19(3)5-7-20/h12-13,16,19-22,27H,1,4-11,14-15,17H2,2-3H3. The molecule has 0 spiro atoms. The Morgan fingerprint density at radius 1 is 1.03 bits per heavy atom. The van der Waals surface area contributed by atoms with Gasteiger partial charge in [-0.3, -0.25) is 0 Å². The first kappa shape index (κ1) is 22.9. The average molecular weight is 415 g/mol. The largest absolute Gasteiger partial charge is 0.490 e. The Morgan fingerprint density at radius 3 is 2.27 bits per heavy atom. The molecule has 2 saturated carbocycles. The molecule has 2 aliphatic rings. The maximum atomic E-state index is 11.5. The highest BCUT2D eigenvalue weighted by Gasteiger charge is 2.30. The third-order valence-electron chi connectivity index (χ3n) is 7.15. The van der Waals surface area contributed by atoms with Gasteiger partial charge in [0.25, 0.3) is 0 Å². The molecule has 0 unspecified atom stereocenters. The van der Waals surface area contributed by atoms with Crippen LogP contribution in [0.15, 0.2) is 30.4 Å². The van der Waals surface area contributed by atoms with Crippen LogP contribution in [0.4, 0.5) is 0 Å². The van der Waals surface area contributed by atoms with Crippen molar-refractivity contribution in [2.45, 2.75) is 77.7 Å². The van der Waals surface area contributed by atoms with E-state index in [1.165, 1.54) is 56.9 Å². The van der Waals surface area contributed by atoms with Gasteiger partial charge < -0.3 is 14.6 Å². The van der Waals surface area contributed by atoms with Gasteiger partial charge >= 0.3 is 5.97 Å². The predicted octanol–water partition coefficient (Wildman–Crippen LogP) is 5.78. The molecule has 4 heteroatoms. The number of aliphatic hydroxyl groups excluding tert-OH is 1. The van der Waals surface area contributed by atoms with E-state index in [1.54, 1.807) is 6.92 Å². The molecule has 2 fully saturated rings. The second kappa shape index (κ2) is 11.0. The summed E-state index contributed by atoms with van der Waals surface area (Å²) in [6, 6.07) is 6.20. The smallest absolute Gasteiger partial charge is 0.333 e. The van der Waals surface area contributed by atoms with Crippen LogP contribution in [0.3, 0.4) is 0 Å². The lowest BCUT2D eigenvalue weighted by atomic mass is 9.68. The number of carbonyl (C=O) groups excluding carboxylic acids is 1. The molecule has 0 saturated heterocycles. The topological polar surface area (TPSA) is 55.8 Å². The van der Waals surface area contributed by atoms with Gasteiger partial charge in [0.1, 0.15) is 19.0 Å². The normalized spacial score (nSPS) is 26.8. The predicted molar refractivity (Wildman–Crippen MR) is 119 cm³/mol. The monoisotopic (exact) mass is 414 g/mol. The van der Waals surface area contributed by atoms with Gasteiger partial charge in [-0.2, -0.15) is 0 Å². The zero-order valence-corrected chi connectivity index (χ0v) is 18.7. The number of hydrogen-bond acceptors (Lipinski definition) is 4. The van der Waals surface area contributed by atoms with E-state index in [0.29, 0.717) is 17.2 Å². The Kier molecular flexibility index (Phi) is 8.38. The molecule has 1 N–H and O–H groups in total. The Balaban J connectivity index is 1.53. The first-order chi connectivity index (χ1) is 14.5. The zero-order valence-electron chi connectivity index (χ0n) is 18.7. The van der Waals surface area contributed by atoms with Crippen molar-refractivity contribution in [2.24, 2.45) is 17.8 Å². The summed E-state index contributed by atoms with van der Waals surface area (Å²) >= 11 is 0. The molecule has 3 rings (SSSR count). The van der Waals surface area contributed by atoms with Gasteiger partial charge in [-0.05, 0) is 80.8 Å². The van der Waals surface area contributed by atoms with Crippen molar-refractivity contribution in [1.82, 2.24) is 0 Å². The minimum atomic E-state index is -0.404. The molecule has 0 heterocycles. The number of carbonyl (C=O) groups is 1. The minimum absolute atomic E-state index is 0.0615. The molecular formula is C26H38O4. The molecule has 30 heavy (non-hydrogen) atoms. The lowest BCUT2D eigenvalue weighted by Gasteiger charge is -2.37. The van der Waals surface area contributed by atoms with Gasteiger partial charge in [0.2, 0.25) is 0 Å². The van der Waals surface area contributed by atoms with E-state index in [-0.39, 0.29) is 19.8 Å². The SMILES string of the molecule is C=C(C)C(=O)OCCOc1cc(C2CCC(C3CCC(C)CC3)CC2)ccc1CO. The molecule has 0 atom stereocenters. The minimum Gasteiger partial charge on any atom is -0.490 e. The van der Waals surface area contributed by atoms with Gasteiger partial charge in [-0.25, -0.2) is 4.79 Å². The van der Waals surface area contributed by atoms with Gasteiger partial charge in [0, 0.05) is 11.1 Å². The molecule has 1 aromatic carbocycles. The van der Waals surface area contributed by atoms with E-state index < -0.39 is 5.97 Å². The molecule has 0 bridgehead atoms. The van der Waals surface area contributed by atoms with Gasteiger partial charge in [0.05, 0.1) is 6.61 Å². The molecule has 4 nitrogen and oxygen atoms in total. The van der Waals surface area contributed by atoms with E-state index in [2.05, 4.69) is 25.6 Å². The zero-order chi connectivity index (χ0) is 21.5. The van der Waals surface area contributed by atoms with Crippen LogP contribution < -0.4 is 4.74 Å². The number of aliphatic hydroxyl groups is 1.